The van der Waals surface area contributed by atoms with Gasteiger partial charge in [-0.05, 0) is 66.5 Å². The Labute approximate surface area is 254 Å². The lowest BCUT2D eigenvalue weighted by Gasteiger charge is -2.37. The van der Waals surface area contributed by atoms with Crippen LogP contribution in [0.15, 0.2) is 54.3 Å². The summed E-state index contributed by atoms with van der Waals surface area (Å²) >= 11 is 0. The lowest BCUT2D eigenvalue weighted by molar-refractivity contribution is -0.168. The summed E-state index contributed by atoms with van der Waals surface area (Å²) in [6, 6.07) is 15.0. The van der Waals surface area contributed by atoms with Crippen LogP contribution >= 0.6 is 0 Å². The zero-order valence-electron chi connectivity index (χ0n) is 25.1. The molecule has 1 fully saturated rings. The Morgan fingerprint density at radius 1 is 1.07 bits per heavy atom. The molecular formula is C34H44N2O7. The van der Waals surface area contributed by atoms with E-state index >= 15 is 0 Å². The van der Waals surface area contributed by atoms with E-state index in [0.29, 0.717) is 65.4 Å². The van der Waals surface area contributed by atoms with Crippen LogP contribution in [0.1, 0.15) is 55.2 Å². The Kier molecular flexibility index (Phi) is 11.2. The average molecular weight is 593 g/mol. The first-order chi connectivity index (χ1) is 21.1. The molecule has 3 atom stereocenters. The quantitative estimate of drug-likeness (QED) is 0.244. The van der Waals surface area contributed by atoms with Gasteiger partial charge in [-0.3, -0.25) is 9.59 Å². The number of amides is 2. The van der Waals surface area contributed by atoms with Crippen LogP contribution in [0.25, 0.3) is 11.1 Å². The third-order valence-corrected chi connectivity index (χ3v) is 8.45. The van der Waals surface area contributed by atoms with Crippen molar-refractivity contribution in [3.8, 4) is 11.1 Å². The third kappa shape index (κ3) is 7.65. The van der Waals surface area contributed by atoms with E-state index in [1.165, 1.54) is 27.8 Å². The molecule has 1 saturated heterocycles. The van der Waals surface area contributed by atoms with Crippen molar-refractivity contribution in [2.45, 2.75) is 51.2 Å². The molecule has 2 aromatic rings. The van der Waals surface area contributed by atoms with Gasteiger partial charge >= 0.3 is 0 Å². The number of aliphatic hydroxyl groups excluding tert-OH is 1. The summed E-state index contributed by atoms with van der Waals surface area (Å²) in [6.45, 7) is 5.89. The van der Waals surface area contributed by atoms with E-state index in [1.54, 1.807) is 0 Å². The molecule has 43 heavy (non-hydrogen) atoms. The monoisotopic (exact) mass is 592 g/mol. The van der Waals surface area contributed by atoms with Crippen LogP contribution in [0.5, 0.6) is 0 Å². The van der Waals surface area contributed by atoms with E-state index < -0.39 is 6.29 Å². The first-order valence-electron chi connectivity index (χ1n) is 15.6. The zero-order chi connectivity index (χ0) is 30.0. The molecule has 0 bridgehead atoms. The number of nitrogens with one attached hydrogen (secondary N) is 1. The van der Waals surface area contributed by atoms with Gasteiger partial charge in [-0.15, -0.1) is 0 Å². The molecule has 9 heteroatoms. The lowest BCUT2D eigenvalue weighted by Crippen LogP contribution is -2.40. The van der Waals surface area contributed by atoms with Gasteiger partial charge in [0.1, 0.15) is 0 Å². The first-order valence-corrected chi connectivity index (χ1v) is 15.6. The van der Waals surface area contributed by atoms with Crippen LogP contribution in [0.2, 0.25) is 0 Å². The van der Waals surface area contributed by atoms with Crippen molar-refractivity contribution >= 4 is 11.8 Å². The van der Waals surface area contributed by atoms with Gasteiger partial charge < -0.3 is 34.3 Å². The van der Waals surface area contributed by atoms with Gasteiger partial charge in [-0.25, -0.2) is 0 Å². The summed E-state index contributed by atoms with van der Waals surface area (Å²) in [4.78, 5) is 27.2. The van der Waals surface area contributed by atoms with E-state index in [9.17, 15) is 9.59 Å². The predicted octanol–water partition coefficient (Wildman–Crippen LogP) is 3.78. The smallest absolute Gasteiger partial charge is 0.286 e. The number of fused-ring (bicyclic) bond motifs is 3. The Hall–Kier alpha value is -3.24. The molecule has 2 amide bonds. The molecule has 5 rings (SSSR count). The molecule has 2 aromatic carbocycles. The molecule has 9 nitrogen and oxygen atoms in total. The second-order valence-corrected chi connectivity index (χ2v) is 11.2. The molecule has 0 unspecified atom stereocenters. The molecule has 2 heterocycles. The van der Waals surface area contributed by atoms with Crippen LogP contribution in [0.4, 0.5) is 0 Å². The van der Waals surface area contributed by atoms with E-state index in [2.05, 4.69) is 47.8 Å². The van der Waals surface area contributed by atoms with Crippen molar-refractivity contribution in [1.82, 2.24) is 10.2 Å². The van der Waals surface area contributed by atoms with E-state index in [1.807, 2.05) is 17.9 Å². The van der Waals surface area contributed by atoms with Gasteiger partial charge in [0.15, 0.2) is 5.76 Å². The minimum atomic E-state index is -0.614. The fourth-order valence-electron chi connectivity index (χ4n) is 6.39. The minimum Gasteiger partial charge on any atom is -0.459 e. The lowest BCUT2D eigenvalue weighted by atomic mass is 9.78. The van der Waals surface area contributed by atoms with Crippen molar-refractivity contribution < 1.29 is 33.6 Å². The molecule has 0 spiro atoms. The fraction of sp³-hybridized carbons (Fsp3) is 0.529. The van der Waals surface area contributed by atoms with Crippen molar-refractivity contribution in [1.29, 1.82) is 0 Å². The van der Waals surface area contributed by atoms with Crippen molar-refractivity contribution in [3.63, 3.8) is 0 Å². The van der Waals surface area contributed by atoms with Crippen molar-refractivity contribution in [2.75, 3.05) is 59.3 Å². The van der Waals surface area contributed by atoms with Gasteiger partial charge in [-0.2, -0.15) is 0 Å². The van der Waals surface area contributed by atoms with Crippen LogP contribution in [-0.2, 0) is 35.0 Å². The van der Waals surface area contributed by atoms with Crippen LogP contribution in [-0.4, -0.2) is 87.4 Å². The number of allylic oxidation sites excluding steroid dienone is 1. The fourth-order valence-corrected chi connectivity index (χ4v) is 6.39. The van der Waals surface area contributed by atoms with Crippen molar-refractivity contribution in [3.05, 3.63) is 71.0 Å². The SMILES string of the molecule is CCO[C@H]1OC(C(=O)NCCCN2CCCC2=O)=C[C@@H](c2cccc3c2Cc2ccccc2-3)[C@@H]1CCOCCOCCO. The highest BCUT2D eigenvalue weighted by Gasteiger charge is 2.39. The number of aliphatic hydroxyl groups is 1. The van der Waals surface area contributed by atoms with E-state index in [0.717, 1.165) is 19.4 Å². The Morgan fingerprint density at radius 2 is 1.88 bits per heavy atom. The summed E-state index contributed by atoms with van der Waals surface area (Å²) in [5.41, 5.74) is 6.25. The number of hydrogen-bond donors (Lipinski definition) is 2. The van der Waals surface area contributed by atoms with Crippen molar-refractivity contribution in [2.24, 2.45) is 5.92 Å². The Balaban J connectivity index is 1.35. The summed E-state index contributed by atoms with van der Waals surface area (Å²) in [5.74, 6) is -0.00671. The van der Waals surface area contributed by atoms with Gasteiger partial charge in [0.25, 0.3) is 5.91 Å². The number of hydrogen-bond acceptors (Lipinski definition) is 7. The largest absolute Gasteiger partial charge is 0.459 e. The van der Waals surface area contributed by atoms with Gasteiger partial charge in [0, 0.05) is 51.1 Å². The molecule has 232 valence electrons. The van der Waals surface area contributed by atoms with Crippen LogP contribution < -0.4 is 5.32 Å². The zero-order valence-corrected chi connectivity index (χ0v) is 25.1. The van der Waals surface area contributed by atoms with Gasteiger partial charge in [-0.1, -0.05) is 42.5 Å². The normalized spacial score (nSPS) is 20.9. The summed E-state index contributed by atoms with van der Waals surface area (Å²) in [7, 11) is 0. The second-order valence-electron chi connectivity index (χ2n) is 11.2. The van der Waals surface area contributed by atoms with Gasteiger partial charge in [0.05, 0.1) is 26.4 Å². The van der Waals surface area contributed by atoms with Crippen LogP contribution in [0.3, 0.4) is 0 Å². The number of likely N-dealkylation sites (tertiary alicyclic amines) is 1. The molecule has 3 aliphatic rings. The molecular weight excluding hydrogens is 548 g/mol. The maximum Gasteiger partial charge on any atom is 0.286 e. The summed E-state index contributed by atoms with van der Waals surface area (Å²) in [6.07, 6.45) is 5.07. The number of nitrogens with zero attached hydrogens (tertiary/aromatic N) is 1. The van der Waals surface area contributed by atoms with E-state index in [4.69, 9.17) is 24.1 Å². The van der Waals surface area contributed by atoms with Crippen LogP contribution in [0, 0.1) is 5.92 Å². The third-order valence-electron chi connectivity index (χ3n) is 8.45. The average Bonchev–Trinajstić information content (AvgIpc) is 3.62. The topological polar surface area (TPSA) is 107 Å². The molecule has 0 saturated carbocycles. The highest BCUT2D eigenvalue weighted by atomic mass is 16.7. The molecule has 2 N–H and O–H groups in total. The Bertz CT molecular complexity index is 1280. The molecule has 0 aromatic heterocycles. The number of ether oxygens (including phenoxy) is 4. The first kappa shape index (κ1) is 31.2. The minimum absolute atomic E-state index is 0.0112. The van der Waals surface area contributed by atoms with Gasteiger partial charge in [0.2, 0.25) is 12.2 Å². The predicted molar refractivity (Wildman–Crippen MR) is 162 cm³/mol. The maximum atomic E-state index is 13.4. The summed E-state index contributed by atoms with van der Waals surface area (Å²) < 4.78 is 23.6. The number of benzene rings is 2. The summed E-state index contributed by atoms with van der Waals surface area (Å²) in [5, 5.41) is 11.9. The Morgan fingerprint density at radius 3 is 2.67 bits per heavy atom. The highest BCUT2D eigenvalue weighted by molar-refractivity contribution is 5.91. The van der Waals surface area contributed by atoms with E-state index in [-0.39, 0.29) is 36.0 Å². The maximum absolute atomic E-state index is 13.4. The molecule has 0 radical (unpaired) electrons. The molecule has 2 aliphatic heterocycles. The second kappa shape index (κ2) is 15.5. The number of carbonyl (C=O) groups excluding carboxylic acids is 2. The standard InChI is InChI=1S/C34H44N2O7/c1-2-42-34-28(13-18-40-20-21-41-19-17-37)30(27-11-5-10-26-25-9-4-3-8-24(25)22-29(26)27)23-31(43-34)33(39)35-14-7-16-36-15-6-12-32(36)38/h3-5,8-11,23,28,30,34,37H,2,6-7,12-22H2,1H3,(H,35,39)/t28-,30-,34-/m0/s1. The molecule has 1 aliphatic carbocycles. The highest BCUT2D eigenvalue weighted by Crippen LogP contribution is 2.45. The number of rotatable bonds is 16. The number of carbonyl (C=O) groups is 2.